The zero-order valence-corrected chi connectivity index (χ0v) is 21.8. The van der Waals surface area contributed by atoms with Gasteiger partial charge >= 0.3 is 0 Å². The molecule has 2 N–H and O–H groups in total. The molecule has 216 valence electrons. The summed E-state index contributed by atoms with van der Waals surface area (Å²) in [6.45, 7) is 1.89. The second-order valence-electron chi connectivity index (χ2n) is 10.3. The summed E-state index contributed by atoms with van der Waals surface area (Å²) < 4.78 is 70.8. The average Bonchev–Trinajstić information content (AvgIpc) is 3.28. The van der Waals surface area contributed by atoms with E-state index in [9.17, 15) is 41.4 Å². The number of aldehydes is 1. The van der Waals surface area contributed by atoms with Crippen molar-refractivity contribution in [2.75, 3.05) is 13.6 Å². The zero-order chi connectivity index (χ0) is 29.6. The fourth-order valence-electron chi connectivity index (χ4n) is 5.02. The molecule has 1 saturated heterocycles. The third kappa shape index (κ3) is 5.31. The standard InChI is InChI=1S/C26H27F5N4O5/c1-13-4-5-26(8-20(33-40-26)25(2,30)31)21(11-34(13)3)35-10-16(22(37)23(38)19(35)12-36)24(39)32-9-15-17(28)6-14(27)7-18(15)29/h6-7,10,12-13,21,38H,4-5,8-9,11H2,1-3H3,(H,32,39). The minimum absolute atomic E-state index is 0.0485. The maximum atomic E-state index is 14.2. The second kappa shape index (κ2) is 10.6. The summed E-state index contributed by atoms with van der Waals surface area (Å²) >= 11 is 0. The SMILES string of the molecule is CC1CCC2(CC(C(C)(F)F)=NO2)C(n2cc(C(=O)NCc3c(F)cc(F)cc3F)c(=O)c(O)c2C=O)CN1C. The highest BCUT2D eigenvalue weighted by molar-refractivity contribution is 5.95. The maximum absolute atomic E-state index is 14.2. The normalized spacial score (nSPS) is 23.4. The quantitative estimate of drug-likeness (QED) is 0.406. The van der Waals surface area contributed by atoms with Gasteiger partial charge in [-0.3, -0.25) is 14.4 Å². The molecule has 3 heterocycles. The van der Waals surface area contributed by atoms with Crippen molar-refractivity contribution in [2.45, 2.75) is 63.3 Å². The molecule has 0 bridgehead atoms. The van der Waals surface area contributed by atoms with Gasteiger partial charge in [0.15, 0.2) is 17.6 Å². The monoisotopic (exact) mass is 570 g/mol. The van der Waals surface area contributed by atoms with Crippen LogP contribution in [-0.4, -0.2) is 63.6 Å². The number of hydrogen-bond donors (Lipinski definition) is 2. The number of hydrogen-bond acceptors (Lipinski definition) is 7. The van der Waals surface area contributed by atoms with Gasteiger partial charge in [-0.05, 0) is 26.8 Å². The maximum Gasteiger partial charge on any atom is 0.286 e. The van der Waals surface area contributed by atoms with E-state index in [1.54, 1.807) is 7.05 Å². The summed E-state index contributed by atoms with van der Waals surface area (Å²) in [6.07, 6.45) is 1.55. The van der Waals surface area contributed by atoms with Crippen molar-refractivity contribution in [2.24, 2.45) is 5.16 Å². The van der Waals surface area contributed by atoms with Crippen molar-refractivity contribution >= 4 is 17.9 Å². The van der Waals surface area contributed by atoms with Gasteiger partial charge in [0.25, 0.3) is 11.8 Å². The molecule has 1 amide bonds. The Morgan fingerprint density at radius 3 is 2.52 bits per heavy atom. The molecule has 0 radical (unpaired) electrons. The van der Waals surface area contributed by atoms with Gasteiger partial charge in [0.2, 0.25) is 5.43 Å². The number of likely N-dealkylation sites (tertiary alicyclic amines) is 1. The lowest BCUT2D eigenvalue weighted by Crippen LogP contribution is -2.45. The Morgan fingerprint density at radius 2 is 1.95 bits per heavy atom. The van der Waals surface area contributed by atoms with Gasteiger partial charge in [-0.15, -0.1) is 0 Å². The molecule has 1 fully saturated rings. The highest BCUT2D eigenvalue weighted by atomic mass is 19.3. The van der Waals surface area contributed by atoms with Crippen molar-refractivity contribution in [3.63, 3.8) is 0 Å². The predicted octanol–water partition coefficient (Wildman–Crippen LogP) is 3.54. The Kier molecular flexibility index (Phi) is 7.76. The zero-order valence-electron chi connectivity index (χ0n) is 21.8. The van der Waals surface area contributed by atoms with E-state index in [1.165, 1.54) is 0 Å². The van der Waals surface area contributed by atoms with Crippen molar-refractivity contribution in [3.8, 4) is 5.75 Å². The van der Waals surface area contributed by atoms with Crippen LogP contribution in [0.2, 0.25) is 0 Å². The summed E-state index contributed by atoms with van der Waals surface area (Å²) in [7, 11) is 1.75. The lowest BCUT2D eigenvalue weighted by molar-refractivity contribution is -0.0631. The van der Waals surface area contributed by atoms with Crippen LogP contribution in [0, 0.1) is 17.5 Å². The smallest absolute Gasteiger partial charge is 0.286 e. The van der Waals surface area contributed by atoms with Gasteiger partial charge in [-0.2, -0.15) is 0 Å². The Bertz CT molecular complexity index is 1420. The third-order valence-corrected chi connectivity index (χ3v) is 7.59. The van der Waals surface area contributed by atoms with Gasteiger partial charge in [0.05, 0.1) is 6.04 Å². The minimum atomic E-state index is -3.30. The molecule has 3 unspecified atom stereocenters. The Balaban J connectivity index is 1.77. The van der Waals surface area contributed by atoms with Gasteiger partial charge in [0, 0.05) is 56.4 Å². The second-order valence-corrected chi connectivity index (χ2v) is 10.3. The molecule has 1 aromatic carbocycles. The number of halogens is 5. The van der Waals surface area contributed by atoms with Crippen LogP contribution in [0.4, 0.5) is 22.0 Å². The molecule has 14 heteroatoms. The van der Waals surface area contributed by atoms with E-state index < -0.39 is 81.2 Å². The number of pyridine rings is 1. The fraction of sp³-hybridized carbons (Fsp3) is 0.462. The van der Waals surface area contributed by atoms with E-state index >= 15 is 0 Å². The summed E-state index contributed by atoms with van der Waals surface area (Å²) in [5, 5.41) is 16.4. The van der Waals surface area contributed by atoms with Crippen LogP contribution in [0.25, 0.3) is 0 Å². The van der Waals surface area contributed by atoms with E-state index in [2.05, 4.69) is 10.5 Å². The number of amides is 1. The molecule has 0 saturated carbocycles. The van der Waals surface area contributed by atoms with Crippen molar-refractivity contribution in [1.82, 2.24) is 14.8 Å². The number of benzene rings is 1. The van der Waals surface area contributed by atoms with Crippen molar-refractivity contribution < 1.29 is 41.5 Å². The highest BCUT2D eigenvalue weighted by Crippen LogP contribution is 2.45. The van der Waals surface area contributed by atoms with Crippen LogP contribution in [-0.2, 0) is 11.4 Å². The Labute approximate surface area is 225 Å². The fourth-order valence-corrected chi connectivity index (χ4v) is 5.02. The number of rotatable bonds is 6. The van der Waals surface area contributed by atoms with Crippen molar-refractivity contribution in [3.05, 3.63) is 62.8 Å². The first-order chi connectivity index (χ1) is 18.7. The van der Waals surface area contributed by atoms with E-state index in [1.807, 2.05) is 11.8 Å². The highest BCUT2D eigenvalue weighted by Gasteiger charge is 2.53. The molecule has 2 aliphatic rings. The molecular formula is C26H27F5N4O5. The number of oxime groups is 1. The summed E-state index contributed by atoms with van der Waals surface area (Å²) in [4.78, 5) is 45.4. The van der Waals surface area contributed by atoms with E-state index in [4.69, 9.17) is 4.84 Å². The molecule has 0 aliphatic carbocycles. The van der Waals surface area contributed by atoms with E-state index in [0.29, 0.717) is 25.5 Å². The van der Waals surface area contributed by atoms with Crippen LogP contribution in [0.5, 0.6) is 5.75 Å². The number of alkyl halides is 2. The van der Waals surface area contributed by atoms with Crippen LogP contribution in [0.1, 0.15) is 65.6 Å². The Morgan fingerprint density at radius 1 is 1.30 bits per heavy atom. The summed E-state index contributed by atoms with van der Waals surface area (Å²) in [5.74, 6) is -9.25. The van der Waals surface area contributed by atoms with Crippen LogP contribution < -0.4 is 10.7 Å². The minimum Gasteiger partial charge on any atom is -0.503 e. The number of carbonyl (C=O) groups excluding carboxylic acids is 2. The number of nitrogens with one attached hydrogen (secondary N) is 1. The molecule has 1 spiro atoms. The average molecular weight is 571 g/mol. The number of aromatic nitrogens is 1. The molecule has 9 nitrogen and oxygen atoms in total. The Hall–Kier alpha value is -3.81. The van der Waals surface area contributed by atoms with Crippen LogP contribution >= 0.6 is 0 Å². The lowest BCUT2D eigenvalue weighted by Gasteiger charge is -2.37. The van der Waals surface area contributed by atoms with Crippen LogP contribution in [0.15, 0.2) is 28.3 Å². The first-order valence-corrected chi connectivity index (χ1v) is 12.4. The van der Waals surface area contributed by atoms with Crippen molar-refractivity contribution in [1.29, 1.82) is 0 Å². The molecule has 4 rings (SSSR count). The first-order valence-electron chi connectivity index (χ1n) is 12.4. The molecule has 1 aromatic heterocycles. The molecule has 40 heavy (non-hydrogen) atoms. The number of aromatic hydroxyl groups is 1. The van der Waals surface area contributed by atoms with Gasteiger partial charge in [0.1, 0.15) is 34.4 Å². The lowest BCUT2D eigenvalue weighted by atomic mass is 9.83. The molecule has 3 atom stereocenters. The molecule has 2 aliphatic heterocycles. The predicted molar refractivity (Wildman–Crippen MR) is 132 cm³/mol. The molecule has 2 aromatic rings. The first kappa shape index (κ1) is 29.2. The van der Waals surface area contributed by atoms with E-state index in [0.717, 1.165) is 10.8 Å². The van der Waals surface area contributed by atoms with E-state index in [-0.39, 0.29) is 31.7 Å². The number of likely N-dealkylation sites (N-methyl/N-ethyl adjacent to an activating group) is 1. The largest absolute Gasteiger partial charge is 0.503 e. The van der Waals surface area contributed by atoms with Gasteiger partial charge in [-0.25, -0.2) is 22.0 Å². The summed E-state index contributed by atoms with van der Waals surface area (Å²) in [5.41, 5.74) is -5.07. The van der Waals surface area contributed by atoms with Crippen LogP contribution in [0.3, 0.4) is 0 Å². The van der Waals surface area contributed by atoms with Gasteiger partial charge < -0.3 is 24.7 Å². The van der Waals surface area contributed by atoms with Gasteiger partial charge in [-0.1, -0.05) is 5.16 Å². The topological polar surface area (TPSA) is 113 Å². The number of nitrogens with zero attached hydrogens (tertiary/aromatic N) is 3. The third-order valence-electron chi connectivity index (χ3n) is 7.59. The molecular weight excluding hydrogens is 543 g/mol. The number of carbonyl (C=O) groups is 2. The summed E-state index contributed by atoms with van der Waals surface area (Å²) in [6, 6.07) is -0.199.